The quantitative estimate of drug-likeness (QED) is 0.0617. The van der Waals surface area contributed by atoms with Crippen molar-refractivity contribution in [2.45, 2.75) is 69.6 Å². The number of benzene rings is 3. The third-order valence-corrected chi connectivity index (χ3v) is 12.2. The lowest BCUT2D eigenvalue weighted by Gasteiger charge is -2.59. The molecule has 0 saturated heterocycles. The van der Waals surface area contributed by atoms with E-state index < -0.39 is 23.8 Å². The van der Waals surface area contributed by atoms with Gasteiger partial charge in [-0.1, -0.05) is 30.1 Å². The number of allylic oxidation sites excluding steroid dienone is 1. The minimum Gasteiger partial charge on any atom is -0.497 e. The van der Waals surface area contributed by atoms with Crippen LogP contribution in [-0.2, 0) is 9.57 Å². The molecule has 6 atom stereocenters. The van der Waals surface area contributed by atoms with Gasteiger partial charge in [0.1, 0.15) is 35.6 Å². The molecule has 0 radical (unpaired) electrons. The summed E-state index contributed by atoms with van der Waals surface area (Å²) in [7, 11) is 4.79. The lowest BCUT2D eigenvalue weighted by Crippen LogP contribution is -2.69. The van der Waals surface area contributed by atoms with Crippen LogP contribution in [0, 0.1) is 17.8 Å². The van der Waals surface area contributed by atoms with Gasteiger partial charge in [-0.25, -0.2) is 4.79 Å². The maximum Gasteiger partial charge on any atom is 0.417 e. The Morgan fingerprint density at radius 3 is 2.45 bits per heavy atom. The number of carbonyl (C=O) groups excluding carboxylic acids is 2. The number of anilines is 1. The zero-order chi connectivity index (χ0) is 43.8. The molecule has 0 spiro atoms. The molecule has 3 N–H and O–H groups in total. The van der Waals surface area contributed by atoms with Crippen LogP contribution in [0.5, 0.6) is 34.5 Å². The molecule has 7 rings (SSSR count). The van der Waals surface area contributed by atoms with Gasteiger partial charge in [-0.2, -0.15) is 0 Å². The van der Waals surface area contributed by atoms with Crippen LogP contribution in [0.4, 0.5) is 10.5 Å². The second-order valence-corrected chi connectivity index (χ2v) is 15.8. The fourth-order valence-electron chi connectivity index (χ4n) is 9.45. The molecule has 2 heterocycles. The van der Waals surface area contributed by atoms with Crippen LogP contribution in [0.2, 0.25) is 0 Å². The monoisotopic (exact) mass is 855 g/mol. The minimum absolute atomic E-state index is 0.0197. The van der Waals surface area contributed by atoms with E-state index in [0.717, 1.165) is 36.8 Å². The van der Waals surface area contributed by atoms with E-state index in [9.17, 15) is 19.8 Å². The van der Waals surface area contributed by atoms with Gasteiger partial charge in [0.25, 0.3) is 5.91 Å². The van der Waals surface area contributed by atoms with Gasteiger partial charge in [0.05, 0.1) is 38.1 Å². The molecule has 3 aromatic rings. The molecule has 1 saturated carbocycles. The average molecular weight is 856 g/mol. The third kappa shape index (κ3) is 8.92. The van der Waals surface area contributed by atoms with Crippen molar-refractivity contribution in [3.8, 4) is 34.5 Å². The van der Waals surface area contributed by atoms with Crippen molar-refractivity contribution in [2.24, 2.45) is 22.9 Å². The van der Waals surface area contributed by atoms with E-state index in [1.807, 2.05) is 13.0 Å². The fourth-order valence-corrected chi connectivity index (χ4v) is 9.45. The number of hydrogen-bond donors (Lipinski definition) is 3. The van der Waals surface area contributed by atoms with Gasteiger partial charge in [-0.05, 0) is 98.5 Å². The number of nitrogens with one attached hydrogen (secondary N) is 1. The van der Waals surface area contributed by atoms with Crippen LogP contribution < -0.4 is 33.7 Å². The van der Waals surface area contributed by atoms with Gasteiger partial charge < -0.3 is 53.1 Å². The maximum atomic E-state index is 14.6. The number of fused-ring (bicyclic) bond motifs is 3. The van der Waals surface area contributed by atoms with E-state index in [2.05, 4.69) is 18.0 Å². The first-order chi connectivity index (χ1) is 30.2. The number of nitrogens with zero attached hydrogens (tertiary/aromatic N) is 2. The lowest BCUT2D eigenvalue weighted by molar-refractivity contribution is -0.252. The molecule has 0 aromatic heterocycles. The molecule has 3 aromatic carbocycles. The molecule has 4 aliphatic rings. The molecule has 15 nitrogen and oxygen atoms in total. The fraction of sp³-hybridized carbons (Fsp3) is 0.468. The van der Waals surface area contributed by atoms with Crippen molar-refractivity contribution in [1.82, 2.24) is 4.90 Å². The first-order valence-electron chi connectivity index (χ1n) is 21.3. The van der Waals surface area contributed by atoms with Gasteiger partial charge in [0.15, 0.2) is 11.5 Å². The van der Waals surface area contributed by atoms with Crippen molar-refractivity contribution in [3.63, 3.8) is 0 Å². The topological polar surface area (TPSA) is 176 Å². The first kappa shape index (κ1) is 44.3. The number of ether oxygens (including phenoxy) is 7. The molecule has 332 valence electrons. The molecule has 1 fully saturated rings. The van der Waals surface area contributed by atoms with E-state index in [1.54, 1.807) is 73.7 Å². The summed E-state index contributed by atoms with van der Waals surface area (Å²) in [6, 6.07) is 14.7. The third-order valence-electron chi connectivity index (χ3n) is 12.2. The molecular weight excluding hydrogens is 799 g/mol. The van der Waals surface area contributed by atoms with Crippen LogP contribution in [0.1, 0.15) is 73.7 Å². The van der Waals surface area contributed by atoms with Crippen molar-refractivity contribution in [2.75, 3.05) is 59.8 Å². The molecule has 2 amide bonds. The number of unbranched alkanes of at least 4 members (excludes halogenated alkanes) is 2. The summed E-state index contributed by atoms with van der Waals surface area (Å²) >= 11 is 0. The van der Waals surface area contributed by atoms with Gasteiger partial charge in [-0.3, -0.25) is 10.1 Å². The molecule has 0 unspecified atom stereocenters. The number of amides is 2. The van der Waals surface area contributed by atoms with Gasteiger partial charge >= 0.3 is 6.09 Å². The Morgan fingerprint density at radius 2 is 1.71 bits per heavy atom. The van der Waals surface area contributed by atoms with E-state index in [1.165, 1.54) is 7.11 Å². The summed E-state index contributed by atoms with van der Waals surface area (Å²) in [6.45, 7) is 6.49. The summed E-state index contributed by atoms with van der Waals surface area (Å²) in [6.07, 6.45) is 7.75. The highest BCUT2D eigenvalue weighted by Crippen LogP contribution is 2.62. The number of aliphatic hydroxyl groups excluding tert-OH is 2. The van der Waals surface area contributed by atoms with Crippen LogP contribution in [0.25, 0.3) is 0 Å². The van der Waals surface area contributed by atoms with Gasteiger partial charge in [0.2, 0.25) is 12.6 Å². The Bertz CT molecular complexity index is 2160. The lowest BCUT2D eigenvalue weighted by atomic mass is 9.55. The SMILES string of the molecule is C=CCO[C@@]12Oc3ccc(OC(=O)Nc4ccc(OC)cc4OC)cc3[C@H]3[C@H](CCCCO)[C@@H](CCCCO)C=C(C(=NOCC)C[C@@H]1N(C)C(=O)c1ccc4c(c1)OCO4)[C@H]32. The Balaban J connectivity index is 1.36. The second-order valence-electron chi connectivity index (χ2n) is 15.8. The molecule has 2 aliphatic heterocycles. The molecule has 62 heavy (non-hydrogen) atoms. The van der Waals surface area contributed by atoms with Crippen LogP contribution in [-0.4, -0.2) is 99.1 Å². The number of likely N-dealkylation sites (N-methyl/N-ethyl adjacent to an activating group) is 1. The number of rotatable bonds is 19. The summed E-state index contributed by atoms with van der Waals surface area (Å²) in [5.41, 5.74) is 3.15. The second kappa shape index (κ2) is 20.0. The number of aliphatic hydroxyl groups is 2. The smallest absolute Gasteiger partial charge is 0.417 e. The summed E-state index contributed by atoms with van der Waals surface area (Å²) < 4.78 is 42.1. The highest BCUT2D eigenvalue weighted by atomic mass is 16.7. The highest BCUT2D eigenvalue weighted by Gasteiger charge is 2.65. The summed E-state index contributed by atoms with van der Waals surface area (Å²) in [5, 5.41) is 27.3. The van der Waals surface area contributed by atoms with Gasteiger partial charge in [0, 0.05) is 49.8 Å². The van der Waals surface area contributed by atoms with Crippen molar-refractivity contribution in [1.29, 1.82) is 0 Å². The van der Waals surface area contributed by atoms with Crippen molar-refractivity contribution >= 4 is 23.4 Å². The van der Waals surface area contributed by atoms with Crippen LogP contribution in [0.3, 0.4) is 0 Å². The van der Waals surface area contributed by atoms with E-state index >= 15 is 0 Å². The predicted octanol–water partition coefficient (Wildman–Crippen LogP) is 7.47. The zero-order valence-electron chi connectivity index (χ0n) is 35.8. The van der Waals surface area contributed by atoms with E-state index in [0.29, 0.717) is 65.2 Å². The largest absolute Gasteiger partial charge is 0.497 e. The number of carbonyl (C=O) groups is 2. The normalized spacial score (nSPS) is 23.5. The van der Waals surface area contributed by atoms with Gasteiger partial charge in [-0.15, -0.1) is 6.58 Å². The van der Waals surface area contributed by atoms with Crippen LogP contribution >= 0.6 is 0 Å². The van der Waals surface area contributed by atoms with E-state index in [4.69, 9.17) is 43.2 Å². The Kier molecular flexibility index (Phi) is 14.3. The standard InChI is InChI=1S/C47H57N3O12/c1-6-22-59-47-42(50(3)45(53)30-14-18-39-41(24-30)58-28-57-39)27-37(49-60-7-2)34-23-29(12-8-10-20-51)33(13-9-11-21-52)43(44(34)47)35-25-32(16-19-38(35)62-47)61-46(54)48-36-17-15-31(55-4)26-40(36)56-5/h6,14-19,23-26,29,33,42-44,51-52H,1,7-13,20-22,27-28H2,2-5H3,(H,48,54)/t29-,33+,42-,43+,44+,47+/m0/s1. The van der Waals surface area contributed by atoms with Crippen molar-refractivity contribution in [3.05, 3.63) is 90.0 Å². The van der Waals surface area contributed by atoms with Crippen LogP contribution in [0.15, 0.2) is 84.1 Å². The molecule has 15 heteroatoms. The van der Waals surface area contributed by atoms with Crippen molar-refractivity contribution < 1.29 is 57.8 Å². The highest BCUT2D eigenvalue weighted by molar-refractivity contribution is 6.03. The molecule has 2 aliphatic carbocycles. The summed E-state index contributed by atoms with van der Waals surface area (Å²) in [5.74, 6) is 0.188. The molecular formula is C47H57N3O12. The average Bonchev–Trinajstić information content (AvgIpc) is 3.77. The first-order valence-corrected chi connectivity index (χ1v) is 21.3. The number of hydrogen-bond acceptors (Lipinski definition) is 13. The Morgan fingerprint density at radius 1 is 0.952 bits per heavy atom. The summed E-state index contributed by atoms with van der Waals surface area (Å²) in [4.78, 5) is 35.6. The number of methoxy groups -OCH3 is 2. The molecule has 0 bridgehead atoms. The Labute approximate surface area is 362 Å². The number of oxime groups is 1. The maximum absolute atomic E-state index is 14.6. The Hall–Kier alpha value is -5.77. The van der Waals surface area contributed by atoms with E-state index in [-0.39, 0.29) is 62.4 Å². The minimum atomic E-state index is -1.46. The predicted molar refractivity (Wildman–Crippen MR) is 230 cm³/mol. The zero-order valence-corrected chi connectivity index (χ0v) is 35.8.